The summed E-state index contributed by atoms with van der Waals surface area (Å²) in [5, 5.41) is 3.05. The van der Waals surface area contributed by atoms with Crippen molar-refractivity contribution in [2.75, 3.05) is 13.2 Å². The molecule has 0 radical (unpaired) electrons. The standard InChI is InChI=1S/C11H18N2O2S/c1-10(3-2-6-15-7-10)13-9(14)11(4-5-11)8(12)16/h2-7H2,1H3,(H2,12,16)(H,13,14). The summed E-state index contributed by atoms with van der Waals surface area (Å²) in [6.45, 7) is 3.37. The van der Waals surface area contributed by atoms with Crippen LogP contribution in [-0.2, 0) is 9.53 Å². The van der Waals surface area contributed by atoms with Gasteiger partial charge in [-0.15, -0.1) is 0 Å². The molecule has 0 aromatic heterocycles. The first kappa shape index (κ1) is 11.8. The number of rotatable bonds is 3. The van der Waals surface area contributed by atoms with Gasteiger partial charge in [0.2, 0.25) is 5.91 Å². The van der Waals surface area contributed by atoms with Crippen LogP contribution in [0, 0.1) is 5.41 Å². The maximum absolute atomic E-state index is 12.1. The molecular weight excluding hydrogens is 224 g/mol. The number of hydrogen-bond donors (Lipinski definition) is 2. The number of amides is 1. The maximum Gasteiger partial charge on any atom is 0.233 e. The molecule has 1 aliphatic carbocycles. The highest BCUT2D eigenvalue weighted by Gasteiger charge is 2.54. The minimum Gasteiger partial charge on any atom is -0.392 e. The van der Waals surface area contributed by atoms with Gasteiger partial charge in [0.1, 0.15) is 0 Å². The van der Waals surface area contributed by atoms with Gasteiger partial charge in [0.05, 0.1) is 22.5 Å². The van der Waals surface area contributed by atoms with Crippen molar-refractivity contribution in [2.24, 2.45) is 11.1 Å². The Labute approximate surface area is 101 Å². The predicted molar refractivity (Wildman–Crippen MR) is 65.1 cm³/mol. The fourth-order valence-electron chi connectivity index (χ4n) is 2.14. The Bertz CT molecular complexity index is 320. The lowest BCUT2D eigenvalue weighted by molar-refractivity contribution is -0.127. The Hall–Kier alpha value is -0.680. The van der Waals surface area contributed by atoms with E-state index in [1.807, 2.05) is 6.92 Å². The first-order valence-electron chi connectivity index (χ1n) is 5.69. The normalized spacial score (nSPS) is 31.8. The van der Waals surface area contributed by atoms with Crippen molar-refractivity contribution in [1.29, 1.82) is 0 Å². The fraction of sp³-hybridized carbons (Fsp3) is 0.818. The molecule has 3 N–H and O–H groups in total. The summed E-state index contributed by atoms with van der Waals surface area (Å²) in [6.07, 6.45) is 3.50. The molecule has 16 heavy (non-hydrogen) atoms. The van der Waals surface area contributed by atoms with E-state index in [0.717, 1.165) is 32.3 Å². The van der Waals surface area contributed by atoms with Gasteiger partial charge in [-0.2, -0.15) is 0 Å². The summed E-state index contributed by atoms with van der Waals surface area (Å²) in [4.78, 5) is 12.4. The predicted octanol–water partition coefficient (Wildman–Crippen LogP) is 0.738. The molecule has 2 aliphatic rings. The topological polar surface area (TPSA) is 64.4 Å². The first-order chi connectivity index (χ1) is 7.49. The van der Waals surface area contributed by atoms with Crippen LogP contribution in [0.3, 0.4) is 0 Å². The number of ether oxygens (including phenoxy) is 1. The minimum atomic E-state index is -0.560. The van der Waals surface area contributed by atoms with Gasteiger partial charge >= 0.3 is 0 Å². The molecule has 1 saturated carbocycles. The lowest BCUT2D eigenvalue weighted by Gasteiger charge is -2.35. The summed E-state index contributed by atoms with van der Waals surface area (Å²) in [5.74, 6) is -0.0204. The number of carbonyl (C=O) groups excluding carboxylic acids is 1. The van der Waals surface area contributed by atoms with Crippen LogP contribution in [0.5, 0.6) is 0 Å². The van der Waals surface area contributed by atoms with Gasteiger partial charge in [-0.1, -0.05) is 12.2 Å². The lowest BCUT2D eigenvalue weighted by Crippen LogP contribution is -2.55. The molecule has 0 spiro atoms. The van der Waals surface area contributed by atoms with Gasteiger partial charge in [-0.05, 0) is 32.6 Å². The van der Waals surface area contributed by atoms with Crippen LogP contribution in [0.15, 0.2) is 0 Å². The minimum absolute atomic E-state index is 0.0204. The number of thiocarbonyl (C=S) groups is 1. The van der Waals surface area contributed by atoms with E-state index in [9.17, 15) is 4.79 Å². The van der Waals surface area contributed by atoms with Gasteiger partial charge < -0.3 is 15.8 Å². The molecule has 0 bridgehead atoms. The zero-order valence-corrected chi connectivity index (χ0v) is 10.4. The van der Waals surface area contributed by atoms with Crippen molar-refractivity contribution in [1.82, 2.24) is 5.32 Å². The molecule has 1 amide bonds. The third-order valence-electron chi connectivity index (χ3n) is 3.51. The van der Waals surface area contributed by atoms with Gasteiger partial charge in [-0.25, -0.2) is 0 Å². The van der Waals surface area contributed by atoms with E-state index in [-0.39, 0.29) is 11.4 Å². The smallest absolute Gasteiger partial charge is 0.233 e. The molecule has 2 rings (SSSR count). The van der Waals surface area contributed by atoms with Gasteiger partial charge in [-0.3, -0.25) is 4.79 Å². The van der Waals surface area contributed by atoms with Crippen LogP contribution < -0.4 is 11.1 Å². The Morgan fingerprint density at radius 3 is 2.56 bits per heavy atom. The van der Waals surface area contributed by atoms with Crippen molar-refractivity contribution in [3.63, 3.8) is 0 Å². The number of hydrogen-bond acceptors (Lipinski definition) is 3. The van der Waals surface area contributed by atoms with E-state index in [1.54, 1.807) is 0 Å². The average Bonchev–Trinajstić information content (AvgIpc) is 2.98. The van der Waals surface area contributed by atoms with Crippen LogP contribution in [0.2, 0.25) is 0 Å². The summed E-state index contributed by atoms with van der Waals surface area (Å²) in [7, 11) is 0. The van der Waals surface area contributed by atoms with Crippen LogP contribution in [-0.4, -0.2) is 29.6 Å². The molecule has 5 heteroatoms. The third kappa shape index (κ3) is 2.06. The zero-order chi connectivity index (χ0) is 11.8. The van der Waals surface area contributed by atoms with Crippen LogP contribution in [0.4, 0.5) is 0 Å². The van der Waals surface area contributed by atoms with E-state index in [4.69, 9.17) is 22.7 Å². The molecule has 1 atom stereocenters. The summed E-state index contributed by atoms with van der Waals surface area (Å²) >= 11 is 4.96. The second kappa shape index (κ2) is 3.96. The number of carbonyl (C=O) groups is 1. The summed E-state index contributed by atoms with van der Waals surface area (Å²) in [5.41, 5.74) is 4.81. The lowest BCUT2D eigenvalue weighted by atomic mass is 9.93. The molecule has 0 aromatic rings. The molecule has 2 fully saturated rings. The molecule has 1 unspecified atom stereocenters. The molecule has 90 valence electrons. The molecule has 4 nitrogen and oxygen atoms in total. The van der Waals surface area contributed by atoms with Crippen molar-refractivity contribution in [3.8, 4) is 0 Å². The molecule has 1 heterocycles. The molecule has 1 saturated heterocycles. The van der Waals surface area contributed by atoms with E-state index in [0.29, 0.717) is 11.6 Å². The van der Waals surface area contributed by atoms with Crippen molar-refractivity contribution < 1.29 is 9.53 Å². The zero-order valence-electron chi connectivity index (χ0n) is 9.54. The van der Waals surface area contributed by atoms with Gasteiger partial charge in [0, 0.05) is 6.61 Å². The maximum atomic E-state index is 12.1. The summed E-state index contributed by atoms with van der Waals surface area (Å²) < 4.78 is 5.40. The van der Waals surface area contributed by atoms with Gasteiger partial charge in [0.25, 0.3) is 0 Å². The van der Waals surface area contributed by atoms with E-state index < -0.39 is 5.41 Å². The highest BCUT2D eigenvalue weighted by Crippen LogP contribution is 2.46. The van der Waals surface area contributed by atoms with E-state index in [2.05, 4.69) is 5.32 Å². The van der Waals surface area contributed by atoms with Crippen LogP contribution in [0.1, 0.15) is 32.6 Å². The second-order valence-corrected chi connectivity index (χ2v) is 5.56. The van der Waals surface area contributed by atoms with Crippen LogP contribution in [0.25, 0.3) is 0 Å². The van der Waals surface area contributed by atoms with Gasteiger partial charge in [0.15, 0.2) is 0 Å². The Balaban J connectivity index is 1.99. The number of nitrogens with two attached hydrogens (primary N) is 1. The Morgan fingerprint density at radius 2 is 2.12 bits per heavy atom. The van der Waals surface area contributed by atoms with E-state index >= 15 is 0 Å². The first-order valence-corrected chi connectivity index (χ1v) is 6.10. The number of nitrogens with one attached hydrogen (secondary N) is 1. The largest absolute Gasteiger partial charge is 0.392 e. The van der Waals surface area contributed by atoms with Crippen molar-refractivity contribution >= 4 is 23.1 Å². The highest BCUT2D eigenvalue weighted by atomic mass is 32.1. The van der Waals surface area contributed by atoms with Crippen molar-refractivity contribution in [2.45, 2.75) is 38.1 Å². The fourth-order valence-corrected chi connectivity index (χ4v) is 2.43. The molecule has 0 aromatic carbocycles. The summed E-state index contributed by atoms with van der Waals surface area (Å²) in [6, 6.07) is 0. The second-order valence-electron chi connectivity index (χ2n) is 5.12. The average molecular weight is 242 g/mol. The Kier molecular flexibility index (Phi) is 2.92. The monoisotopic (exact) mass is 242 g/mol. The Morgan fingerprint density at radius 1 is 1.44 bits per heavy atom. The quantitative estimate of drug-likeness (QED) is 0.716. The van der Waals surface area contributed by atoms with E-state index in [1.165, 1.54) is 0 Å². The molecule has 1 aliphatic heterocycles. The van der Waals surface area contributed by atoms with Crippen molar-refractivity contribution in [3.05, 3.63) is 0 Å². The third-order valence-corrected chi connectivity index (χ3v) is 3.90. The molecular formula is C11H18N2O2S. The van der Waals surface area contributed by atoms with Crippen LogP contribution >= 0.6 is 12.2 Å². The SMILES string of the molecule is CC1(NC(=O)C2(C(N)=S)CC2)CCCOC1. The highest BCUT2D eigenvalue weighted by molar-refractivity contribution is 7.80.